The van der Waals surface area contributed by atoms with Gasteiger partial charge in [0.05, 0.1) is 24.0 Å². The second-order valence-electron chi connectivity index (χ2n) is 6.44. The summed E-state index contributed by atoms with van der Waals surface area (Å²) in [5, 5.41) is 10.9. The minimum Gasteiger partial charge on any atom is -0.331 e. The van der Waals surface area contributed by atoms with Crippen LogP contribution in [0.1, 0.15) is 42.8 Å². The van der Waals surface area contributed by atoms with Gasteiger partial charge in [-0.15, -0.1) is 11.3 Å². The molecule has 0 spiro atoms. The smallest absolute Gasteiger partial charge is 0.320 e. The average molecular weight is 319 g/mol. The monoisotopic (exact) mass is 319 g/mol. The van der Waals surface area contributed by atoms with E-state index in [1.165, 1.54) is 17.0 Å². The maximum Gasteiger partial charge on any atom is 0.320 e. The molecule has 0 aromatic carbocycles. The lowest BCUT2D eigenvalue weighted by Gasteiger charge is -2.22. The van der Waals surface area contributed by atoms with Crippen LogP contribution in [0.4, 0.5) is 10.6 Å². The Morgan fingerprint density at radius 1 is 1.41 bits per heavy atom. The van der Waals surface area contributed by atoms with E-state index in [0.29, 0.717) is 12.4 Å². The summed E-state index contributed by atoms with van der Waals surface area (Å²) in [6.45, 7) is 6.59. The Hall–Kier alpha value is -1.89. The highest BCUT2D eigenvalue weighted by Gasteiger charge is 2.19. The second-order valence-corrected chi connectivity index (χ2v) is 7.61. The SMILES string of the molecule is CC(C)(C)n1nccc1NC(=O)NCc1nc2c(s1)CCC2. The normalized spacial score (nSPS) is 14.0. The Morgan fingerprint density at radius 3 is 2.95 bits per heavy atom. The van der Waals surface area contributed by atoms with Crippen molar-refractivity contribution in [1.82, 2.24) is 20.1 Å². The fourth-order valence-corrected chi connectivity index (χ4v) is 3.66. The van der Waals surface area contributed by atoms with Crippen LogP contribution in [0, 0.1) is 0 Å². The van der Waals surface area contributed by atoms with Crippen LogP contribution in [0.2, 0.25) is 0 Å². The number of carbonyl (C=O) groups is 1. The summed E-state index contributed by atoms with van der Waals surface area (Å²) in [5.74, 6) is 0.687. The van der Waals surface area contributed by atoms with Crippen molar-refractivity contribution in [1.29, 1.82) is 0 Å². The second kappa shape index (κ2) is 5.72. The van der Waals surface area contributed by atoms with E-state index in [2.05, 4.69) is 20.7 Å². The van der Waals surface area contributed by atoms with Crippen molar-refractivity contribution in [3.05, 3.63) is 27.8 Å². The highest BCUT2D eigenvalue weighted by molar-refractivity contribution is 7.11. The summed E-state index contributed by atoms with van der Waals surface area (Å²) in [7, 11) is 0. The first-order valence-electron chi connectivity index (χ1n) is 7.50. The van der Waals surface area contributed by atoms with Gasteiger partial charge >= 0.3 is 6.03 Å². The number of aromatic nitrogens is 3. The predicted molar refractivity (Wildman–Crippen MR) is 87.2 cm³/mol. The van der Waals surface area contributed by atoms with Gasteiger partial charge in [-0.25, -0.2) is 14.5 Å². The Morgan fingerprint density at radius 2 is 2.23 bits per heavy atom. The van der Waals surface area contributed by atoms with E-state index in [1.54, 1.807) is 28.3 Å². The molecule has 0 saturated heterocycles. The van der Waals surface area contributed by atoms with Crippen LogP contribution in [0.3, 0.4) is 0 Å². The molecule has 0 aliphatic heterocycles. The third-order valence-corrected chi connectivity index (χ3v) is 4.72. The lowest BCUT2D eigenvalue weighted by molar-refractivity contribution is 0.251. The summed E-state index contributed by atoms with van der Waals surface area (Å²) >= 11 is 1.71. The standard InChI is InChI=1S/C15H21N5OS/c1-15(2,3)20-12(7-8-17-20)19-14(21)16-9-13-18-10-5-4-6-11(10)22-13/h7-8H,4-6,9H2,1-3H3,(H2,16,19,21). The predicted octanol–water partition coefficient (Wildman–Crippen LogP) is 2.91. The van der Waals surface area contributed by atoms with Crippen molar-refractivity contribution in [2.75, 3.05) is 5.32 Å². The van der Waals surface area contributed by atoms with Gasteiger partial charge in [0.15, 0.2) is 0 Å². The lowest BCUT2D eigenvalue weighted by atomic mass is 10.1. The molecule has 1 aliphatic carbocycles. The first-order chi connectivity index (χ1) is 10.4. The van der Waals surface area contributed by atoms with Crippen molar-refractivity contribution < 1.29 is 4.79 Å². The van der Waals surface area contributed by atoms with Gasteiger partial charge in [0.2, 0.25) is 0 Å². The molecule has 0 radical (unpaired) electrons. The number of anilines is 1. The third-order valence-electron chi connectivity index (χ3n) is 3.56. The summed E-state index contributed by atoms with van der Waals surface area (Å²) in [4.78, 5) is 18.0. The van der Waals surface area contributed by atoms with E-state index in [4.69, 9.17) is 0 Å². The highest BCUT2D eigenvalue weighted by atomic mass is 32.1. The van der Waals surface area contributed by atoms with Gasteiger partial charge in [-0.3, -0.25) is 5.32 Å². The molecule has 2 N–H and O–H groups in total. The number of nitrogens with zero attached hydrogens (tertiary/aromatic N) is 3. The molecule has 0 fully saturated rings. The quantitative estimate of drug-likeness (QED) is 0.913. The van der Waals surface area contributed by atoms with Crippen molar-refractivity contribution in [3.8, 4) is 0 Å². The van der Waals surface area contributed by atoms with Crippen molar-refractivity contribution in [3.63, 3.8) is 0 Å². The molecule has 118 valence electrons. The van der Waals surface area contributed by atoms with Crippen LogP contribution in [-0.4, -0.2) is 20.8 Å². The van der Waals surface area contributed by atoms with Gasteiger partial charge in [-0.1, -0.05) is 0 Å². The Labute approximate surface area is 133 Å². The average Bonchev–Trinajstić information content (AvgIpc) is 3.09. The summed E-state index contributed by atoms with van der Waals surface area (Å²) in [6.07, 6.45) is 5.10. The molecule has 1 aliphatic rings. The van der Waals surface area contributed by atoms with Gasteiger partial charge in [0.1, 0.15) is 10.8 Å². The van der Waals surface area contributed by atoms with Gasteiger partial charge in [-0.05, 0) is 40.0 Å². The lowest BCUT2D eigenvalue weighted by Crippen LogP contribution is -2.32. The summed E-state index contributed by atoms with van der Waals surface area (Å²) in [5.41, 5.74) is 1.04. The molecule has 6 nitrogen and oxygen atoms in total. The third kappa shape index (κ3) is 3.14. The van der Waals surface area contributed by atoms with E-state index >= 15 is 0 Å². The van der Waals surface area contributed by atoms with E-state index in [9.17, 15) is 4.79 Å². The molecule has 7 heteroatoms. The number of amides is 2. The van der Waals surface area contributed by atoms with Crippen LogP contribution < -0.4 is 10.6 Å². The molecule has 0 atom stereocenters. The van der Waals surface area contributed by atoms with Crippen molar-refractivity contribution in [2.45, 2.75) is 52.1 Å². The largest absolute Gasteiger partial charge is 0.331 e. The molecule has 2 heterocycles. The number of carbonyl (C=O) groups excluding carboxylic acids is 1. The zero-order chi connectivity index (χ0) is 15.7. The minimum atomic E-state index is -0.235. The van der Waals surface area contributed by atoms with Crippen LogP contribution >= 0.6 is 11.3 Å². The van der Waals surface area contributed by atoms with Crippen LogP contribution in [-0.2, 0) is 24.9 Å². The van der Waals surface area contributed by atoms with E-state index in [1.807, 2.05) is 20.8 Å². The number of thiazole rings is 1. The maximum atomic E-state index is 12.1. The molecular formula is C15H21N5OS. The molecule has 0 unspecified atom stereocenters. The highest BCUT2D eigenvalue weighted by Crippen LogP contribution is 2.27. The molecule has 2 aromatic heterocycles. The molecule has 3 rings (SSSR count). The van der Waals surface area contributed by atoms with E-state index in [0.717, 1.165) is 17.8 Å². The Kier molecular flexibility index (Phi) is 3.90. The number of aryl methyl sites for hydroxylation is 2. The zero-order valence-electron chi connectivity index (χ0n) is 13.1. The number of hydrogen-bond acceptors (Lipinski definition) is 4. The molecule has 2 aromatic rings. The summed E-state index contributed by atoms with van der Waals surface area (Å²) in [6, 6.07) is 1.56. The van der Waals surface area contributed by atoms with Crippen LogP contribution in [0.5, 0.6) is 0 Å². The van der Waals surface area contributed by atoms with E-state index in [-0.39, 0.29) is 11.6 Å². The number of rotatable bonds is 3. The van der Waals surface area contributed by atoms with Crippen LogP contribution in [0.25, 0.3) is 0 Å². The first-order valence-corrected chi connectivity index (χ1v) is 8.32. The number of hydrogen-bond donors (Lipinski definition) is 2. The molecule has 22 heavy (non-hydrogen) atoms. The Balaban J connectivity index is 1.57. The maximum absolute atomic E-state index is 12.1. The number of fused-ring (bicyclic) bond motifs is 1. The first kappa shape index (κ1) is 15.0. The summed E-state index contributed by atoms with van der Waals surface area (Å²) < 4.78 is 1.80. The minimum absolute atomic E-state index is 0.178. The molecular weight excluding hydrogens is 298 g/mol. The molecule has 0 saturated carbocycles. The van der Waals surface area contributed by atoms with E-state index < -0.39 is 0 Å². The van der Waals surface area contributed by atoms with Gasteiger partial charge in [0, 0.05) is 10.9 Å². The fourth-order valence-electron chi connectivity index (χ4n) is 2.57. The van der Waals surface area contributed by atoms with Gasteiger partial charge in [-0.2, -0.15) is 5.10 Å². The zero-order valence-corrected chi connectivity index (χ0v) is 14.0. The fraction of sp³-hybridized carbons (Fsp3) is 0.533. The Bertz CT molecular complexity index is 661. The number of nitrogens with one attached hydrogen (secondary N) is 2. The number of urea groups is 1. The van der Waals surface area contributed by atoms with Crippen LogP contribution in [0.15, 0.2) is 12.3 Å². The topological polar surface area (TPSA) is 71.8 Å². The molecule has 2 amide bonds. The van der Waals surface area contributed by atoms with Gasteiger partial charge in [0.25, 0.3) is 0 Å². The van der Waals surface area contributed by atoms with Crippen molar-refractivity contribution >= 4 is 23.2 Å². The van der Waals surface area contributed by atoms with Crippen molar-refractivity contribution in [2.24, 2.45) is 0 Å². The molecule has 0 bridgehead atoms. The van der Waals surface area contributed by atoms with Gasteiger partial charge < -0.3 is 5.32 Å².